The van der Waals surface area contributed by atoms with Crippen LogP contribution in [0.4, 0.5) is 5.69 Å². The summed E-state index contributed by atoms with van der Waals surface area (Å²) in [4.78, 5) is 4.63. The van der Waals surface area contributed by atoms with E-state index < -0.39 is 0 Å². The van der Waals surface area contributed by atoms with E-state index in [1.165, 1.54) is 19.3 Å². The summed E-state index contributed by atoms with van der Waals surface area (Å²) in [7, 11) is 1.63. The SMILES string of the molecule is COc1ccc(Cl)cc1NC(=S)N(CCN1CCCCC1)Cc1ccco1. The smallest absolute Gasteiger partial charge is 0.173 e. The Morgan fingerprint density at radius 1 is 1.30 bits per heavy atom. The lowest BCUT2D eigenvalue weighted by Crippen LogP contribution is -2.41. The van der Waals surface area contributed by atoms with Crippen LogP contribution < -0.4 is 10.1 Å². The van der Waals surface area contributed by atoms with E-state index in [2.05, 4.69) is 15.1 Å². The fraction of sp³-hybridized carbons (Fsp3) is 0.450. The van der Waals surface area contributed by atoms with Crippen molar-refractivity contribution in [1.29, 1.82) is 0 Å². The number of halogens is 1. The zero-order valence-electron chi connectivity index (χ0n) is 15.6. The van der Waals surface area contributed by atoms with E-state index in [9.17, 15) is 0 Å². The summed E-state index contributed by atoms with van der Waals surface area (Å²) < 4.78 is 10.9. The average molecular weight is 408 g/mol. The van der Waals surface area contributed by atoms with Crippen molar-refractivity contribution in [2.24, 2.45) is 0 Å². The lowest BCUT2D eigenvalue weighted by atomic mass is 10.1. The number of benzene rings is 1. The molecule has 1 aromatic heterocycles. The highest BCUT2D eigenvalue weighted by Crippen LogP contribution is 2.28. The summed E-state index contributed by atoms with van der Waals surface area (Å²) >= 11 is 11.8. The fourth-order valence-electron chi connectivity index (χ4n) is 3.26. The van der Waals surface area contributed by atoms with Crippen LogP contribution in [-0.4, -0.2) is 48.2 Å². The van der Waals surface area contributed by atoms with Gasteiger partial charge in [0.1, 0.15) is 11.5 Å². The van der Waals surface area contributed by atoms with Gasteiger partial charge in [0.25, 0.3) is 0 Å². The molecule has 1 aromatic carbocycles. The topological polar surface area (TPSA) is 40.9 Å². The third-order valence-electron chi connectivity index (χ3n) is 4.75. The molecule has 0 spiro atoms. The lowest BCUT2D eigenvalue weighted by Gasteiger charge is -2.31. The molecular weight excluding hydrogens is 382 g/mol. The minimum atomic E-state index is 0.621. The maximum absolute atomic E-state index is 6.14. The molecule has 1 aliphatic heterocycles. The Kier molecular flexibility index (Phi) is 7.38. The Bertz CT molecular complexity index is 733. The van der Waals surface area contributed by atoms with Gasteiger partial charge in [-0.05, 0) is 68.5 Å². The number of hydrogen-bond donors (Lipinski definition) is 1. The summed E-state index contributed by atoms with van der Waals surface area (Å²) in [5, 5.41) is 4.55. The second-order valence-corrected chi connectivity index (χ2v) is 7.50. The summed E-state index contributed by atoms with van der Waals surface area (Å²) in [6.45, 7) is 4.76. The van der Waals surface area contributed by atoms with Gasteiger partial charge >= 0.3 is 0 Å². The Labute approximate surface area is 171 Å². The molecule has 0 unspecified atom stereocenters. The van der Waals surface area contributed by atoms with E-state index in [1.54, 1.807) is 19.4 Å². The number of nitrogens with one attached hydrogen (secondary N) is 1. The molecule has 2 heterocycles. The first-order valence-electron chi connectivity index (χ1n) is 9.30. The molecule has 0 saturated carbocycles. The van der Waals surface area contributed by atoms with Gasteiger partial charge in [0.2, 0.25) is 0 Å². The van der Waals surface area contributed by atoms with E-state index in [4.69, 9.17) is 33.0 Å². The number of hydrogen-bond acceptors (Lipinski definition) is 4. The van der Waals surface area contributed by atoms with E-state index in [1.807, 2.05) is 24.3 Å². The second-order valence-electron chi connectivity index (χ2n) is 6.68. The zero-order chi connectivity index (χ0) is 19.1. The number of methoxy groups -OCH3 is 1. The minimum absolute atomic E-state index is 0.621. The standard InChI is InChI=1S/C20H26ClN3O2S/c1-25-19-8-7-16(21)14-18(19)22-20(27)24(15-17-6-5-13-26-17)12-11-23-9-3-2-4-10-23/h5-8,13-14H,2-4,9-12,15H2,1H3,(H,22,27). The monoisotopic (exact) mass is 407 g/mol. The minimum Gasteiger partial charge on any atom is -0.495 e. The van der Waals surface area contributed by atoms with Gasteiger partial charge in [0.05, 0.1) is 25.6 Å². The lowest BCUT2D eigenvalue weighted by molar-refractivity contribution is 0.207. The fourth-order valence-corrected chi connectivity index (χ4v) is 3.70. The highest BCUT2D eigenvalue weighted by Gasteiger charge is 2.17. The largest absolute Gasteiger partial charge is 0.495 e. The first kappa shape index (κ1) is 20.0. The van der Waals surface area contributed by atoms with Crippen molar-refractivity contribution in [2.45, 2.75) is 25.8 Å². The van der Waals surface area contributed by atoms with E-state index in [0.717, 1.165) is 37.6 Å². The predicted molar refractivity (Wildman–Crippen MR) is 114 cm³/mol. The molecule has 0 aliphatic carbocycles. The van der Waals surface area contributed by atoms with Gasteiger partial charge in [0.15, 0.2) is 5.11 Å². The number of piperidine rings is 1. The van der Waals surface area contributed by atoms with Crippen LogP contribution in [0.2, 0.25) is 5.02 Å². The molecule has 7 heteroatoms. The van der Waals surface area contributed by atoms with Gasteiger partial charge in [-0.1, -0.05) is 18.0 Å². The Morgan fingerprint density at radius 3 is 2.81 bits per heavy atom. The van der Waals surface area contributed by atoms with Crippen LogP contribution in [0.25, 0.3) is 0 Å². The molecule has 1 saturated heterocycles. The quantitative estimate of drug-likeness (QED) is 0.675. The maximum atomic E-state index is 6.14. The van der Waals surface area contributed by atoms with Crippen LogP contribution in [0.3, 0.4) is 0 Å². The molecule has 0 atom stereocenters. The van der Waals surface area contributed by atoms with Crippen LogP contribution in [0.15, 0.2) is 41.0 Å². The number of nitrogens with zero attached hydrogens (tertiary/aromatic N) is 2. The second kappa shape index (κ2) is 9.97. The molecule has 146 valence electrons. The van der Waals surface area contributed by atoms with E-state index in [-0.39, 0.29) is 0 Å². The van der Waals surface area contributed by atoms with Crippen molar-refractivity contribution in [3.05, 3.63) is 47.4 Å². The first-order chi connectivity index (χ1) is 13.2. The summed E-state index contributed by atoms with van der Waals surface area (Å²) in [6, 6.07) is 9.32. The summed E-state index contributed by atoms with van der Waals surface area (Å²) in [5.74, 6) is 1.59. The number of furan rings is 1. The molecule has 0 amide bonds. The molecule has 0 bridgehead atoms. The van der Waals surface area contributed by atoms with Crippen LogP contribution in [0, 0.1) is 0 Å². The molecule has 27 heavy (non-hydrogen) atoms. The van der Waals surface area contributed by atoms with Crippen molar-refractivity contribution in [3.8, 4) is 5.75 Å². The van der Waals surface area contributed by atoms with Crippen molar-refractivity contribution in [1.82, 2.24) is 9.80 Å². The Morgan fingerprint density at radius 2 is 2.11 bits per heavy atom. The highest BCUT2D eigenvalue weighted by molar-refractivity contribution is 7.80. The molecule has 1 N–H and O–H groups in total. The van der Waals surface area contributed by atoms with Crippen molar-refractivity contribution in [2.75, 3.05) is 38.6 Å². The van der Waals surface area contributed by atoms with E-state index in [0.29, 0.717) is 22.4 Å². The van der Waals surface area contributed by atoms with Crippen molar-refractivity contribution in [3.63, 3.8) is 0 Å². The number of rotatable bonds is 7. The van der Waals surface area contributed by atoms with Crippen LogP contribution in [-0.2, 0) is 6.54 Å². The Balaban J connectivity index is 1.68. The van der Waals surface area contributed by atoms with Crippen LogP contribution in [0.1, 0.15) is 25.0 Å². The third-order valence-corrected chi connectivity index (χ3v) is 5.35. The molecule has 0 radical (unpaired) electrons. The zero-order valence-corrected chi connectivity index (χ0v) is 17.2. The Hall–Kier alpha value is -1.76. The van der Waals surface area contributed by atoms with Crippen LogP contribution >= 0.6 is 23.8 Å². The summed E-state index contributed by atoms with van der Waals surface area (Å²) in [5.41, 5.74) is 0.761. The van der Waals surface area contributed by atoms with Gasteiger partial charge in [-0.3, -0.25) is 0 Å². The van der Waals surface area contributed by atoms with Crippen molar-refractivity contribution < 1.29 is 9.15 Å². The summed E-state index contributed by atoms with van der Waals surface area (Å²) in [6.07, 6.45) is 5.58. The average Bonchev–Trinajstić information content (AvgIpc) is 3.19. The molecule has 1 fully saturated rings. The molecule has 1 aliphatic rings. The molecule has 3 rings (SSSR count). The van der Waals surface area contributed by atoms with E-state index >= 15 is 0 Å². The van der Waals surface area contributed by atoms with Crippen molar-refractivity contribution >= 4 is 34.6 Å². The number of likely N-dealkylation sites (tertiary alicyclic amines) is 1. The number of anilines is 1. The van der Waals surface area contributed by atoms with Gasteiger partial charge in [0, 0.05) is 18.1 Å². The van der Waals surface area contributed by atoms with Gasteiger partial charge in [-0.25, -0.2) is 0 Å². The van der Waals surface area contributed by atoms with Crippen LogP contribution in [0.5, 0.6) is 5.75 Å². The molecule has 5 nitrogen and oxygen atoms in total. The van der Waals surface area contributed by atoms with Gasteiger partial charge in [-0.15, -0.1) is 0 Å². The number of ether oxygens (including phenoxy) is 1. The van der Waals surface area contributed by atoms with Gasteiger partial charge in [-0.2, -0.15) is 0 Å². The maximum Gasteiger partial charge on any atom is 0.173 e. The van der Waals surface area contributed by atoms with Gasteiger partial charge < -0.3 is 24.3 Å². The highest BCUT2D eigenvalue weighted by atomic mass is 35.5. The predicted octanol–water partition coefficient (Wildman–Crippen LogP) is 4.63. The normalized spacial score (nSPS) is 14.7. The molecular formula is C20H26ClN3O2S. The molecule has 2 aromatic rings. The third kappa shape index (κ3) is 5.86. The first-order valence-corrected chi connectivity index (χ1v) is 10.1. The number of thiocarbonyl (C=S) groups is 1.